The normalized spacial score (nSPS) is 11.7. The van der Waals surface area contributed by atoms with Crippen molar-refractivity contribution in [2.24, 2.45) is 0 Å². The Kier molecular flexibility index (Phi) is 5.95. The van der Waals surface area contributed by atoms with E-state index in [2.05, 4.69) is 15.0 Å². The highest BCUT2D eigenvalue weighted by atomic mass is 19.4. The highest BCUT2D eigenvalue weighted by Crippen LogP contribution is 2.41. The number of hydrogen-bond donors (Lipinski definition) is 1. The number of oxazole rings is 1. The first-order valence-electron chi connectivity index (χ1n) is 10.2. The number of aromatic nitrogens is 3. The van der Waals surface area contributed by atoms with Crippen LogP contribution >= 0.6 is 0 Å². The van der Waals surface area contributed by atoms with Crippen molar-refractivity contribution in [3.8, 4) is 34.3 Å². The molecule has 0 aliphatic heterocycles. The summed E-state index contributed by atoms with van der Waals surface area (Å²) in [6, 6.07) is 3.04. The molecule has 0 amide bonds. The van der Waals surface area contributed by atoms with Gasteiger partial charge in [-0.2, -0.15) is 13.2 Å². The lowest BCUT2D eigenvalue weighted by Crippen LogP contribution is -2.13. The van der Waals surface area contributed by atoms with Crippen LogP contribution in [-0.4, -0.2) is 15.0 Å². The first-order chi connectivity index (χ1) is 16.4. The minimum absolute atomic E-state index is 0.0223. The van der Waals surface area contributed by atoms with E-state index in [0.717, 1.165) is 18.2 Å². The Labute approximate surface area is 195 Å². The van der Waals surface area contributed by atoms with Gasteiger partial charge in [0.1, 0.15) is 17.1 Å². The first kappa shape index (κ1) is 24.1. The lowest BCUT2D eigenvalue weighted by atomic mass is 10.0. The molecule has 1 aromatic carbocycles. The number of aryl methyl sites for hydroxylation is 2. The van der Waals surface area contributed by atoms with Gasteiger partial charge in [-0.15, -0.1) is 0 Å². The van der Waals surface area contributed by atoms with Gasteiger partial charge < -0.3 is 14.1 Å². The summed E-state index contributed by atoms with van der Waals surface area (Å²) in [5, 5.41) is 0. The lowest BCUT2D eigenvalue weighted by Gasteiger charge is -2.18. The van der Waals surface area contributed by atoms with Crippen LogP contribution in [0, 0.1) is 39.3 Å². The molecule has 0 aliphatic carbocycles. The number of rotatable bonds is 4. The quantitative estimate of drug-likeness (QED) is 0.334. The average Bonchev–Trinajstić information content (AvgIpc) is 3.18. The minimum atomic E-state index is -4.74. The average molecular weight is 491 g/mol. The molecular formula is C24H18F5N3O3. The molecule has 182 valence electrons. The molecule has 0 spiro atoms. The van der Waals surface area contributed by atoms with Crippen LogP contribution < -0.4 is 10.2 Å². The molecule has 0 bridgehead atoms. The zero-order chi connectivity index (χ0) is 25.7. The van der Waals surface area contributed by atoms with Crippen LogP contribution in [0.25, 0.3) is 22.7 Å². The molecule has 0 saturated carbocycles. The molecule has 6 nitrogen and oxygen atoms in total. The van der Waals surface area contributed by atoms with Gasteiger partial charge in [-0.05, 0) is 45.4 Å². The molecule has 0 atom stereocenters. The van der Waals surface area contributed by atoms with Gasteiger partial charge >= 0.3 is 6.18 Å². The van der Waals surface area contributed by atoms with Crippen LogP contribution in [0.15, 0.2) is 39.8 Å². The fraction of sp³-hybridized carbons (Fsp3) is 0.208. The van der Waals surface area contributed by atoms with E-state index >= 15 is 0 Å². The van der Waals surface area contributed by atoms with Crippen molar-refractivity contribution in [1.29, 1.82) is 0 Å². The van der Waals surface area contributed by atoms with E-state index in [1.165, 1.54) is 27.0 Å². The van der Waals surface area contributed by atoms with Gasteiger partial charge in [-0.25, -0.2) is 18.7 Å². The number of benzene rings is 1. The SMILES string of the molecule is Cc1cnc(-c2c(C)[nH]c(-c3c(Oc4ccc(F)c(F)c4C)ncc(C(F)(F)F)c3C)cc2=O)o1. The Morgan fingerprint density at radius 3 is 2.29 bits per heavy atom. The van der Waals surface area contributed by atoms with E-state index in [0.29, 0.717) is 12.0 Å². The predicted molar refractivity (Wildman–Crippen MR) is 116 cm³/mol. The number of pyridine rings is 2. The molecule has 0 fully saturated rings. The summed E-state index contributed by atoms with van der Waals surface area (Å²) in [5.41, 5.74) is -1.89. The Morgan fingerprint density at radius 1 is 0.971 bits per heavy atom. The van der Waals surface area contributed by atoms with Crippen molar-refractivity contribution < 1.29 is 31.1 Å². The molecule has 1 N–H and O–H groups in total. The largest absolute Gasteiger partial charge is 0.441 e. The molecule has 0 saturated heterocycles. The van der Waals surface area contributed by atoms with Gasteiger partial charge in [0.2, 0.25) is 11.8 Å². The first-order valence-corrected chi connectivity index (χ1v) is 10.2. The second-order valence-electron chi connectivity index (χ2n) is 7.88. The summed E-state index contributed by atoms with van der Waals surface area (Å²) < 4.78 is 79.6. The Bertz CT molecular complexity index is 1510. The van der Waals surface area contributed by atoms with Gasteiger partial charge in [0.25, 0.3) is 0 Å². The van der Waals surface area contributed by atoms with Crippen LogP contribution in [0.2, 0.25) is 0 Å². The zero-order valence-corrected chi connectivity index (χ0v) is 18.9. The van der Waals surface area contributed by atoms with Gasteiger partial charge in [0.15, 0.2) is 17.1 Å². The number of ether oxygens (including phenoxy) is 1. The summed E-state index contributed by atoms with van der Waals surface area (Å²) in [4.78, 5) is 23.7. The molecule has 3 heterocycles. The number of H-pyrrole nitrogens is 1. The van der Waals surface area contributed by atoms with Crippen molar-refractivity contribution in [2.75, 3.05) is 0 Å². The predicted octanol–water partition coefficient (Wildman–Crippen LogP) is 6.41. The van der Waals surface area contributed by atoms with E-state index < -0.39 is 28.8 Å². The number of aromatic amines is 1. The van der Waals surface area contributed by atoms with E-state index in [1.54, 1.807) is 6.92 Å². The van der Waals surface area contributed by atoms with Crippen LogP contribution in [0.3, 0.4) is 0 Å². The summed E-state index contributed by atoms with van der Waals surface area (Å²) in [5.74, 6) is -2.23. The maximum Gasteiger partial charge on any atom is 0.418 e. The van der Waals surface area contributed by atoms with Crippen molar-refractivity contribution in [3.63, 3.8) is 0 Å². The second kappa shape index (κ2) is 8.64. The molecule has 3 aromatic heterocycles. The van der Waals surface area contributed by atoms with Gasteiger partial charge in [0, 0.05) is 23.5 Å². The Balaban J connectivity index is 1.93. The number of hydrogen-bond acceptors (Lipinski definition) is 5. The van der Waals surface area contributed by atoms with E-state index in [9.17, 15) is 26.7 Å². The van der Waals surface area contributed by atoms with Crippen molar-refractivity contribution >= 4 is 0 Å². The third-order valence-corrected chi connectivity index (χ3v) is 5.43. The number of alkyl halides is 3. The highest BCUT2D eigenvalue weighted by Gasteiger charge is 2.35. The van der Waals surface area contributed by atoms with E-state index in [4.69, 9.17) is 9.15 Å². The summed E-state index contributed by atoms with van der Waals surface area (Å²) >= 11 is 0. The van der Waals surface area contributed by atoms with Gasteiger partial charge in [0.05, 0.1) is 23.0 Å². The monoisotopic (exact) mass is 491 g/mol. The summed E-state index contributed by atoms with van der Waals surface area (Å²) in [7, 11) is 0. The maximum atomic E-state index is 14.0. The number of nitrogens with zero attached hydrogens (tertiary/aromatic N) is 2. The van der Waals surface area contributed by atoms with Gasteiger partial charge in [-0.3, -0.25) is 4.79 Å². The van der Waals surface area contributed by atoms with Crippen LogP contribution in [0.5, 0.6) is 11.6 Å². The zero-order valence-electron chi connectivity index (χ0n) is 18.9. The summed E-state index contributed by atoms with van der Waals surface area (Å²) in [6.45, 7) is 5.64. The van der Waals surface area contributed by atoms with Crippen molar-refractivity contribution in [3.05, 3.63) is 80.6 Å². The minimum Gasteiger partial charge on any atom is -0.441 e. The Hall–Kier alpha value is -4.02. The molecule has 0 unspecified atom stereocenters. The summed E-state index contributed by atoms with van der Waals surface area (Å²) in [6.07, 6.45) is -2.73. The Morgan fingerprint density at radius 2 is 1.69 bits per heavy atom. The smallest absolute Gasteiger partial charge is 0.418 e. The second-order valence-corrected chi connectivity index (χ2v) is 7.88. The maximum absolute atomic E-state index is 14.0. The molecular weight excluding hydrogens is 473 g/mol. The lowest BCUT2D eigenvalue weighted by molar-refractivity contribution is -0.138. The van der Waals surface area contributed by atoms with Crippen LogP contribution in [0.1, 0.15) is 28.1 Å². The van der Waals surface area contributed by atoms with E-state index in [-0.39, 0.29) is 51.2 Å². The molecule has 0 aliphatic rings. The molecule has 4 rings (SSSR count). The third-order valence-electron chi connectivity index (χ3n) is 5.43. The van der Waals surface area contributed by atoms with Crippen molar-refractivity contribution in [1.82, 2.24) is 15.0 Å². The van der Waals surface area contributed by atoms with Crippen molar-refractivity contribution in [2.45, 2.75) is 33.9 Å². The van der Waals surface area contributed by atoms with E-state index in [1.807, 2.05) is 0 Å². The fourth-order valence-electron chi connectivity index (χ4n) is 3.67. The topological polar surface area (TPSA) is 81.0 Å². The van der Waals surface area contributed by atoms with Crippen LogP contribution in [-0.2, 0) is 6.18 Å². The standard InChI is InChI=1S/C24H18F5N3O3/c1-10-8-30-23(34-10)20-13(4)32-16(7-17(20)33)19-11(2)14(24(27,28)29)9-31-22(19)35-18-6-5-15(25)21(26)12(18)3/h5-9H,1-4H3,(H,32,33). The molecule has 0 radical (unpaired) electrons. The number of halogens is 5. The fourth-order valence-corrected chi connectivity index (χ4v) is 3.67. The highest BCUT2D eigenvalue weighted by molar-refractivity contribution is 5.73. The third kappa shape index (κ3) is 4.41. The molecule has 11 heteroatoms. The molecule has 35 heavy (non-hydrogen) atoms. The molecule has 4 aromatic rings. The van der Waals surface area contributed by atoms with Gasteiger partial charge in [-0.1, -0.05) is 0 Å². The number of nitrogens with one attached hydrogen (secondary N) is 1. The van der Waals surface area contributed by atoms with Crippen LogP contribution in [0.4, 0.5) is 22.0 Å².